The maximum Gasteiger partial charge on any atom is 0.123 e. The first-order chi connectivity index (χ1) is 8.97. The number of halogens is 3. The third kappa shape index (κ3) is 3.47. The summed E-state index contributed by atoms with van der Waals surface area (Å²) in [6, 6.07) is 9.57. The standard InChI is InChI=1S/C15H13Cl2FO/c1-9-6-12(18)4-2-10(9)8-15(19)11-3-5-13(16)14(17)7-11/h2-7,15,19H,8H2,1H3. The maximum absolute atomic E-state index is 13.0. The van der Waals surface area contributed by atoms with E-state index in [0.717, 1.165) is 11.1 Å². The molecule has 1 nitrogen and oxygen atoms in total. The fraction of sp³-hybridized carbons (Fsp3) is 0.200. The van der Waals surface area contributed by atoms with Crippen molar-refractivity contribution in [3.8, 4) is 0 Å². The molecule has 0 aliphatic carbocycles. The maximum atomic E-state index is 13.0. The average Bonchev–Trinajstić information content (AvgIpc) is 2.36. The zero-order valence-electron chi connectivity index (χ0n) is 10.3. The zero-order chi connectivity index (χ0) is 14.0. The van der Waals surface area contributed by atoms with Crippen molar-refractivity contribution in [3.63, 3.8) is 0 Å². The van der Waals surface area contributed by atoms with Crippen LogP contribution in [0.25, 0.3) is 0 Å². The summed E-state index contributed by atoms with van der Waals surface area (Å²) in [4.78, 5) is 0. The summed E-state index contributed by atoms with van der Waals surface area (Å²) in [6.07, 6.45) is -0.289. The van der Waals surface area contributed by atoms with Crippen molar-refractivity contribution in [2.24, 2.45) is 0 Å². The predicted molar refractivity (Wildman–Crippen MR) is 76.3 cm³/mol. The Morgan fingerprint density at radius 1 is 1.11 bits per heavy atom. The van der Waals surface area contributed by atoms with E-state index < -0.39 is 6.10 Å². The van der Waals surface area contributed by atoms with E-state index in [-0.39, 0.29) is 5.82 Å². The molecule has 0 fully saturated rings. The van der Waals surface area contributed by atoms with Gasteiger partial charge in [0.05, 0.1) is 16.1 Å². The molecule has 0 aromatic heterocycles. The molecule has 2 rings (SSSR count). The van der Waals surface area contributed by atoms with Gasteiger partial charge in [0.15, 0.2) is 0 Å². The Hall–Kier alpha value is -1.09. The summed E-state index contributed by atoms with van der Waals surface area (Å²) in [5, 5.41) is 11.1. The third-order valence-corrected chi connectivity index (χ3v) is 3.79. The average molecular weight is 299 g/mol. The van der Waals surface area contributed by atoms with Crippen LogP contribution in [-0.4, -0.2) is 5.11 Å². The molecule has 0 spiro atoms. The van der Waals surface area contributed by atoms with E-state index in [1.54, 1.807) is 24.3 Å². The lowest BCUT2D eigenvalue weighted by atomic mass is 9.98. The van der Waals surface area contributed by atoms with Gasteiger partial charge < -0.3 is 5.11 Å². The highest BCUT2D eigenvalue weighted by atomic mass is 35.5. The minimum atomic E-state index is -0.695. The SMILES string of the molecule is Cc1cc(F)ccc1CC(O)c1ccc(Cl)c(Cl)c1. The lowest BCUT2D eigenvalue weighted by Gasteiger charge is -2.13. The van der Waals surface area contributed by atoms with Crippen molar-refractivity contribution < 1.29 is 9.50 Å². The highest BCUT2D eigenvalue weighted by molar-refractivity contribution is 6.42. The summed E-state index contributed by atoms with van der Waals surface area (Å²) >= 11 is 11.8. The lowest BCUT2D eigenvalue weighted by molar-refractivity contribution is 0.178. The Morgan fingerprint density at radius 3 is 2.47 bits per heavy atom. The summed E-state index contributed by atoms with van der Waals surface area (Å²) in [5.74, 6) is -0.273. The van der Waals surface area contributed by atoms with E-state index in [1.165, 1.54) is 12.1 Å². The Kier molecular flexibility index (Phi) is 4.46. The Morgan fingerprint density at radius 2 is 1.84 bits per heavy atom. The predicted octanol–water partition coefficient (Wildman–Crippen LogP) is 4.72. The van der Waals surface area contributed by atoms with Gasteiger partial charge in [-0.2, -0.15) is 0 Å². The molecule has 1 unspecified atom stereocenters. The molecule has 0 aliphatic heterocycles. The number of hydrogen-bond acceptors (Lipinski definition) is 1. The van der Waals surface area contributed by atoms with Crippen molar-refractivity contribution in [2.75, 3.05) is 0 Å². The third-order valence-electron chi connectivity index (χ3n) is 3.05. The summed E-state index contributed by atoms with van der Waals surface area (Å²) in [7, 11) is 0. The molecule has 0 aliphatic rings. The fourth-order valence-electron chi connectivity index (χ4n) is 1.93. The van der Waals surface area contributed by atoms with E-state index >= 15 is 0 Å². The highest BCUT2D eigenvalue weighted by Crippen LogP contribution is 2.27. The van der Waals surface area contributed by atoms with Crippen molar-refractivity contribution in [1.82, 2.24) is 0 Å². The van der Waals surface area contributed by atoms with Crippen LogP contribution in [0.4, 0.5) is 4.39 Å². The van der Waals surface area contributed by atoms with Gasteiger partial charge in [0.1, 0.15) is 5.82 Å². The molecular weight excluding hydrogens is 286 g/mol. The van der Waals surface area contributed by atoms with Crippen molar-refractivity contribution in [3.05, 3.63) is 69.0 Å². The van der Waals surface area contributed by atoms with Crippen LogP contribution in [0.5, 0.6) is 0 Å². The van der Waals surface area contributed by atoms with Crippen LogP contribution in [0.3, 0.4) is 0 Å². The quantitative estimate of drug-likeness (QED) is 0.869. The molecule has 0 bridgehead atoms. The second kappa shape index (κ2) is 5.91. The summed E-state index contributed by atoms with van der Waals surface area (Å²) in [6.45, 7) is 1.82. The lowest BCUT2D eigenvalue weighted by Crippen LogP contribution is -2.03. The van der Waals surface area contributed by atoms with Gasteiger partial charge in [0.2, 0.25) is 0 Å². The monoisotopic (exact) mass is 298 g/mol. The first-order valence-corrected chi connectivity index (χ1v) is 6.61. The molecule has 0 amide bonds. The van der Waals surface area contributed by atoms with E-state index in [2.05, 4.69) is 0 Å². The molecule has 1 atom stereocenters. The number of aliphatic hydroxyl groups excluding tert-OH is 1. The van der Waals surface area contributed by atoms with Crippen LogP contribution in [-0.2, 0) is 6.42 Å². The Labute approximate surface area is 121 Å². The van der Waals surface area contributed by atoms with Gasteiger partial charge in [-0.3, -0.25) is 0 Å². The van der Waals surface area contributed by atoms with Crippen LogP contribution in [0.1, 0.15) is 22.8 Å². The van der Waals surface area contributed by atoms with Crippen LogP contribution in [0.2, 0.25) is 10.0 Å². The second-order valence-corrected chi connectivity index (χ2v) is 5.28. The van der Waals surface area contributed by atoms with Crippen molar-refractivity contribution in [1.29, 1.82) is 0 Å². The van der Waals surface area contributed by atoms with E-state index in [4.69, 9.17) is 23.2 Å². The Balaban J connectivity index is 2.20. The number of hydrogen-bond donors (Lipinski definition) is 1. The molecule has 2 aromatic carbocycles. The molecule has 1 N–H and O–H groups in total. The molecule has 19 heavy (non-hydrogen) atoms. The molecule has 0 saturated heterocycles. The first-order valence-electron chi connectivity index (χ1n) is 5.85. The minimum absolute atomic E-state index is 0.273. The molecule has 100 valence electrons. The number of benzene rings is 2. The van der Waals surface area contributed by atoms with Gasteiger partial charge in [-0.05, 0) is 47.9 Å². The first kappa shape index (κ1) is 14.3. The van der Waals surface area contributed by atoms with Crippen LogP contribution < -0.4 is 0 Å². The Bertz CT molecular complexity index is 599. The summed E-state index contributed by atoms with van der Waals surface area (Å²) in [5.41, 5.74) is 2.41. The highest BCUT2D eigenvalue weighted by Gasteiger charge is 2.12. The van der Waals surface area contributed by atoms with Crippen molar-refractivity contribution >= 4 is 23.2 Å². The summed E-state index contributed by atoms with van der Waals surface area (Å²) < 4.78 is 13.0. The van der Waals surface area contributed by atoms with Gasteiger partial charge in [-0.25, -0.2) is 4.39 Å². The van der Waals surface area contributed by atoms with Crippen LogP contribution in [0, 0.1) is 12.7 Å². The number of aryl methyl sites for hydroxylation is 1. The van der Waals surface area contributed by atoms with Gasteiger partial charge in [0.25, 0.3) is 0 Å². The van der Waals surface area contributed by atoms with Gasteiger partial charge in [-0.1, -0.05) is 35.3 Å². The van der Waals surface area contributed by atoms with Gasteiger partial charge >= 0.3 is 0 Å². The van der Waals surface area contributed by atoms with Crippen LogP contribution >= 0.6 is 23.2 Å². The van der Waals surface area contributed by atoms with E-state index in [9.17, 15) is 9.50 Å². The molecule has 4 heteroatoms. The normalized spacial score (nSPS) is 12.5. The van der Waals surface area contributed by atoms with Crippen molar-refractivity contribution in [2.45, 2.75) is 19.4 Å². The van der Waals surface area contributed by atoms with E-state index in [0.29, 0.717) is 22.0 Å². The number of aliphatic hydroxyl groups is 1. The molecule has 2 aromatic rings. The fourth-order valence-corrected chi connectivity index (χ4v) is 2.24. The molecule has 0 saturated carbocycles. The number of rotatable bonds is 3. The minimum Gasteiger partial charge on any atom is -0.388 e. The smallest absolute Gasteiger partial charge is 0.123 e. The van der Waals surface area contributed by atoms with Gasteiger partial charge in [-0.15, -0.1) is 0 Å². The second-order valence-electron chi connectivity index (χ2n) is 4.46. The van der Waals surface area contributed by atoms with Crippen LogP contribution in [0.15, 0.2) is 36.4 Å². The molecular formula is C15H13Cl2FO. The van der Waals surface area contributed by atoms with Gasteiger partial charge in [0, 0.05) is 6.42 Å². The van der Waals surface area contributed by atoms with E-state index in [1.807, 2.05) is 6.92 Å². The topological polar surface area (TPSA) is 20.2 Å². The molecule has 0 heterocycles. The largest absolute Gasteiger partial charge is 0.388 e. The zero-order valence-corrected chi connectivity index (χ0v) is 11.8. The molecule has 0 radical (unpaired) electrons.